The standard InChI is InChI=1S/Li.H3O4P.Ti.H/c;1-5(2,3)4;;/h;(H3,1,2,3,4);;/q+1;;;-1. The second kappa shape index (κ2) is 5.56. The maximum absolute atomic E-state index is 8.88. The summed E-state index contributed by atoms with van der Waals surface area (Å²) in [5.41, 5.74) is 0. The molecule has 0 amide bonds. The Kier molecular flexibility index (Phi) is 12.5. The van der Waals surface area contributed by atoms with Gasteiger partial charge in [-0.3, -0.25) is 0 Å². The van der Waals surface area contributed by atoms with Crippen LogP contribution in [0.4, 0.5) is 0 Å². The monoisotopic (exact) mass is 154 g/mol. The van der Waals surface area contributed by atoms with Gasteiger partial charge >= 0.3 is 26.7 Å². The molecule has 7 heavy (non-hydrogen) atoms. The van der Waals surface area contributed by atoms with E-state index in [1.807, 2.05) is 0 Å². The minimum Gasteiger partial charge on any atom is -1.00 e. The van der Waals surface area contributed by atoms with Crippen LogP contribution >= 0.6 is 7.82 Å². The first-order valence-electron chi connectivity index (χ1n) is 0.783. The van der Waals surface area contributed by atoms with Crippen LogP contribution in [0.2, 0.25) is 0 Å². The van der Waals surface area contributed by atoms with E-state index < -0.39 is 7.82 Å². The summed E-state index contributed by atoms with van der Waals surface area (Å²) in [5, 5.41) is 0. The van der Waals surface area contributed by atoms with Crippen molar-refractivity contribution in [1.82, 2.24) is 0 Å². The maximum Gasteiger partial charge on any atom is 1.00 e. The summed E-state index contributed by atoms with van der Waals surface area (Å²) in [6.07, 6.45) is 0. The third-order valence-corrected chi connectivity index (χ3v) is 0. The maximum atomic E-state index is 8.88. The van der Waals surface area contributed by atoms with E-state index in [2.05, 4.69) is 0 Å². The van der Waals surface area contributed by atoms with Crippen molar-refractivity contribution in [3.8, 4) is 0 Å². The zero-order valence-corrected chi connectivity index (χ0v) is 6.15. The van der Waals surface area contributed by atoms with Crippen LogP contribution in [0.25, 0.3) is 0 Å². The summed E-state index contributed by atoms with van der Waals surface area (Å²) in [6.45, 7) is 0. The van der Waals surface area contributed by atoms with Gasteiger partial charge in [0.05, 0.1) is 0 Å². The van der Waals surface area contributed by atoms with Crippen LogP contribution in [-0.2, 0) is 26.3 Å². The Bertz CT molecular complexity index is 62.2. The smallest absolute Gasteiger partial charge is 1.00 e. The summed E-state index contributed by atoms with van der Waals surface area (Å²) < 4.78 is 8.88. The summed E-state index contributed by atoms with van der Waals surface area (Å²) in [4.78, 5) is 21.6. The van der Waals surface area contributed by atoms with Crippen molar-refractivity contribution >= 4 is 7.82 Å². The SMILES string of the molecule is O=P(O)(O)O.[H-].[Li+].[Ti]. The Morgan fingerprint density at radius 1 is 1.29 bits per heavy atom. The van der Waals surface area contributed by atoms with Crippen molar-refractivity contribution in [2.75, 3.05) is 0 Å². The Morgan fingerprint density at radius 2 is 1.29 bits per heavy atom. The Balaban J connectivity index is -0.0000000267. The summed E-state index contributed by atoms with van der Waals surface area (Å²) in [6, 6.07) is 0. The van der Waals surface area contributed by atoms with E-state index in [0.717, 1.165) is 0 Å². The van der Waals surface area contributed by atoms with Crippen molar-refractivity contribution in [3.05, 3.63) is 0 Å². The van der Waals surface area contributed by atoms with Gasteiger partial charge in [0, 0.05) is 21.7 Å². The van der Waals surface area contributed by atoms with E-state index in [1.165, 1.54) is 0 Å². The van der Waals surface area contributed by atoms with Crippen molar-refractivity contribution in [3.63, 3.8) is 0 Å². The van der Waals surface area contributed by atoms with Crippen LogP contribution in [0.1, 0.15) is 1.43 Å². The molecule has 3 N–H and O–H groups in total. The molecule has 0 saturated carbocycles. The zero-order chi connectivity index (χ0) is 4.50. The van der Waals surface area contributed by atoms with E-state index in [-0.39, 0.29) is 42.0 Å². The van der Waals surface area contributed by atoms with Gasteiger partial charge in [-0.1, -0.05) is 0 Å². The molecule has 7 heteroatoms. The van der Waals surface area contributed by atoms with Crippen LogP contribution in [0.5, 0.6) is 0 Å². The largest absolute Gasteiger partial charge is 1.00 e. The van der Waals surface area contributed by atoms with E-state index in [9.17, 15) is 0 Å². The van der Waals surface area contributed by atoms with Crippen LogP contribution in [0.15, 0.2) is 0 Å². The molecule has 0 saturated heterocycles. The third kappa shape index (κ3) is 108. The van der Waals surface area contributed by atoms with Gasteiger partial charge in [0.15, 0.2) is 0 Å². The molecule has 38 valence electrons. The molecule has 4 nitrogen and oxygen atoms in total. The molecule has 0 spiro atoms. The van der Waals surface area contributed by atoms with Gasteiger partial charge in [0.1, 0.15) is 0 Å². The van der Waals surface area contributed by atoms with Crippen molar-refractivity contribution < 1.29 is 61.3 Å². The van der Waals surface area contributed by atoms with Gasteiger partial charge < -0.3 is 16.1 Å². The molecule has 0 bridgehead atoms. The second-order valence-corrected chi connectivity index (χ2v) is 1.54. The quantitative estimate of drug-likeness (QED) is 0.247. The Hall–Kier alpha value is 1.42. The van der Waals surface area contributed by atoms with Gasteiger partial charge in [-0.2, -0.15) is 0 Å². The van der Waals surface area contributed by atoms with Crippen molar-refractivity contribution in [2.24, 2.45) is 0 Å². The first kappa shape index (κ1) is 15.8. The summed E-state index contributed by atoms with van der Waals surface area (Å²) in [7, 11) is -4.64. The predicted octanol–water partition coefficient (Wildman–Crippen LogP) is -3.81. The first-order chi connectivity index (χ1) is 2.00. The fraction of sp³-hybridized carbons (Fsp3) is 0. The number of rotatable bonds is 0. The summed E-state index contributed by atoms with van der Waals surface area (Å²) in [5.74, 6) is 0. The van der Waals surface area contributed by atoms with E-state index >= 15 is 0 Å². The molecule has 0 unspecified atom stereocenters. The molecule has 0 radical (unpaired) electrons. The molecule has 0 atom stereocenters. The number of hydrogen-bond acceptors (Lipinski definition) is 1. The zero-order valence-electron chi connectivity index (χ0n) is 4.70. The van der Waals surface area contributed by atoms with Gasteiger partial charge in [0.25, 0.3) is 0 Å². The van der Waals surface area contributed by atoms with Gasteiger partial charge in [-0.15, -0.1) is 0 Å². The molecule has 0 heterocycles. The molecule has 0 fully saturated rings. The summed E-state index contributed by atoms with van der Waals surface area (Å²) >= 11 is 0. The van der Waals surface area contributed by atoms with Crippen molar-refractivity contribution in [2.45, 2.75) is 0 Å². The fourth-order valence-electron chi connectivity index (χ4n) is 0. The predicted molar refractivity (Wildman–Crippen MR) is 15.4 cm³/mol. The van der Waals surface area contributed by atoms with E-state index in [1.54, 1.807) is 0 Å². The van der Waals surface area contributed by atoms with Crippen LogP contribution in [0, 0.1) is 0 Å². The molecular weight excluding hydrogens is 150 g/mol. The fourth-order valence-corrected chi connectivity index (χ4v) is 0. The number of hydrogen-bond donors (Lipinski definition) is 3. The first-order valence-corrected chi connectivity index (χ1v) is 2.35. The molecule has 0 aromatic heterocycles. The van der Waals surface area contributed by atoms with E-state index in [4.69, 9.17) is 19.2 Å². The molecule has 0 rings (SSSR count). The normalized spacial score (nSPS) is 8.43. The minimum atomic E-state index is -4.64. The molecule has 0 aromatic rings. The van der Waals surface area contributed by atoms with Gasteiger partial charge in [0.2, 0.25) is 0 Å². The molecule has 0 aliphatic rings. The van der Waals surface area contributed by atoms with Gasteiger partial charge in [-0.05, 0) is 0 Å². The van der Waals surface area contributed by atoms with Crippen LogP contribution in [-0.4, -0.2) is 14.7 Å². The number of phosphoric acid groups is 1. The van der Waals surface area contributed by atoms with Gasteiger partial charge in [-0.25, -0.2) is 4.57 Å². The molecule has 0 aromatic carbocycles. The third-order valence-electron chi connectivity index (χ3n) is 0. The average molecular weight is 154 g/mol. The molecule has 0 aliphatic heterocycles. The van der Waals surface area contributed by atoms with Crippen molar-refractivity contribution in [1.29, 1.82) is 0 Å². The topological polar surface area (TPSA) is 77.8 Å². The second-order valence-electron chi connectivity index (χ2n) is 0.513. The molecule has 0 aliphatic carbocycles. The minimum absolute atomic E-state index is 0. The Labute approximate surface area is 69.1 Å². The van der Waals surface area contributed by atoms with Crippen LogP contribution in [0.3, 0.4) is 0 Å². The average Bonchev–Trinajstić information content (AvgIpc) is 0.722. The van der Waals surface area contributed by atoms with Crippen LogP contribution < -0.4 is 18.9 Å². The van der Waals surface area contributed by atoms with E-state index in [0.29, 0.717) is 0 Å². The molecular formula is H4LiO4PTi. The Morgan fingerprint density at radius 3 is 1.29 bits per heavy atom.